The highest BCUT2D eigenvalue weighted by atomic mass is 35.5. The summed E-state index contributed by atoms with van der Waals surface area (Å²) >= 11 is 5.99. The number of ether oxygens (including phenoxy) is 1. The molecular formula is C23H25ClN2O2. The van der Waals surface area contributed by atoms with Crippen LogP contribution in [-0.4, -0.2) is 16.7 Å². The Morgan fingerprint density at radius 2 is 1.82 bits per heavy atom. The fourth-order valence-corrected chi connectivity index (χ4v) is 4.08. The maximum atomic E-state index is 12.2. The van der Waals surface area contributed by atoms with E-state index in [1.165, 1.54) is 24.8 Å². The number of hydrogen-bond acceptors (Lipinski definition) is 2. The topological polar surface area (TPSA) is 43.3 Å². The van der Waals surface area contributed by atoms with Gasteiger partial charge >= 0.3 is 6.09 Å². The molecule has 5 heteroatoms. The van der Waals surface area contributed by atoms with Crippen LogP contribution < -0.4 is 5.32 Å². The Bertz CT molecular complexity index is 943. The van der Waals surface area contributed by atoms with Gasteiger partial charge in [0.25, 0.3) is 0 Å². The number of carbonyl (C=O) groups is 1. The minimum Gasteiger partial charge on any atom is -0.445 e. The zero-order valence-corrected chi connectivity index (χ0v) is 16.6. The van der Waals surface area contributed by atoms with E-state index in [4.69, 9.17) is 16.3 Å². The zero-order valence-electron chi connectivity index (χ0n) is 15.9. The molecule has 2 aromatic carbocycles. The van der Waals surface area contributed by atoms with E-state index in [9.17, 15) is 4.79 Å². The predicted molar refractivity (Wildman–Crippen MR) is 113 cm³/mol. The lowest BCUT2D eigenvalue weighted by Gasteiger charge is -2.22. The third kappa shape index (κ3) is 4.50. The van der Waals surface area contributed by atoms with Crippen molar-refractivity contribution in [3.05, 3.63) is 70.9 Å². The second-order valence-corrected chi connectivity index (χ2v) is 7.92. The Balaban J connectivity index is 1.46. The molecule has 0 radical (unpaired) electrons. The van der Waals surface area contributed by atoms with Crippen molar-refractivity contribution in [3.63, 3.8) is 0 Å². The monoisotopic (exact) mass is 396 g/mol. The summed E-state index contributed by atoms with van der Waals surface area (Å²) in [6.45, 7) is 1.01. The molecule has 1 heterocycles. The Hall–Kier alpha value is -2.46. The molecule has 146 valence electrons. The number of nitrogens with one attached hydrogen (secondary N) is 1. The summed E-state index contributed by atoms with van der Waals surface area (Å²) in [6, 6.07) is 16.3. The molecule has 3 aromatic rings. The Labute approximate surface area is 170 Å². The van der Waals surface area contributed by atoms with E-state index in [-0.39, 0.29) is 18.7 Å². The molecule has 4 rings (SSSR count). The minimum atomic E-state index is -0.318. The lowest BCUT2D eigenvalue weighted by Crippen LogP contribution is -2.36. The second kappa shape index (κ2) is 8.70. The van der Waals surface area contributed by atoms with E-state index in [0.717, 1.165) is 40.9 Å². The number of hydrogen-bond donors (Lipinski definition) is 1. The highest BCUT2D eigenvalue weighted by Gasteiger charge is 2.17. The smallest absolute Gasteiger partial charge is 0.407 e. The van der Waals surface area contributed by atoms with Crippen molar-refractivity contribution < 1.29 is 9.53 Å². The van der Waals surface area contributed by atoms with Gasteiger partial charge in [-0.05, 0) is 36.6 Å². The molecule has 1 fully saturated rings. The molecular weight excluding hydrogens is 372 g/mol. The first-order valence-electron chi connectivity index (χ1n) is 9.93. The molecule has 0 bridgehead atoms. The first-order chi connectivity index (χ1) is 13.7. The molecule has 0 spiro atoms. The fourth-order valence-electron chi connectivity index (χ4n) is 3.95. The third-order valence-electron chi connectivity index (χ3n) is 5.42. The normalized spacial score (nSPS) is 14.9. The van der Waals surface area contributed by atoms with Crippen LogP contribution in [0.5, 0.6) is 0 Å². The number of nitrogens with zero attached hydrogens (tertiary/aromatic N) is 1. The third-order valence-corrected chi connectivity index (χ3v) is 5.68. The standard InChI is InChI=1S/C23H25ClN2O2/c24-19-12-10-17(11-13-19)14-26-15-18(21-8-4-5-9-22(21)26)16-28-23(27)25-20-6-2-1-3-7-20/h4-5,8-13,15,20H,1-3,6-7,14,16H2,(H,25,27). The lowest BCUT2D eigenvalue weighted by molar-refractivity contribution is 0.133. The van der Waals surface area contributed by atoms with Gasteiger partial charge in [-0.15, -0.1) is 0 Å². The summed E-state index contributed by atoms with van der Waals surface area (Å²) in [5.41, 5.74) is 3.32. The predicted octanol–water partition coefficient (Wildman–Crippen LogP) is 5.90. The van der Waals surface area contributed by atoms with E-state index in [1.807, 2.05) is 36.4 Å². The molecule has 0 saturated heterocycles. The van der Waals surface area contributed by atoms with Gasteiger partial charge in [0.2, 0.25) is 0 Å². The Kier molecular flexibility index (Phi) is 5.87. The number of aromatic nitrogens is 1. The van der Waals surface area contributed by atoms with Gasteiger partial charge in [0.15, 0.2) is 0 Å². The minimum absolute atomic E-state index is 0.257. The van der Waals surface area contributed by atoms with Crippen molar-refractivity contribution >= 4 is 28.6 Å². The Morgan fingerprint density at radius 1 is 1.07 bits per heavy atom. The molecule has 0 aliphatic heterocycles. The number of carbonyl (C=O) groups excluding carboxylic acids is 1. The van der Waals surface area contributed by atoms with Gasteiger partial charge in [-0.3, -0.25) is 0 Å². The molecule has 1 amide bonds. The summed E-state index contributed by atoms with van der Waals surface area (Å²) in [7, 11) is 0. The fraction of sp³-hybridized carbons (Fsp3) is 0.348. The number of benzene rings is 2. The van der Waals surface area contributed by atoms with Crippen LogP contribution in [0.3, 0.4) is 0 Å². The molecule has 1 aliphatic rings. The van der Waals surface area contributed by atoms with Gasteiger partial charge in [0.05, 0.1) is 0 Å². The van der Waals surface area contributed by atoms with E-state index < -0.39 is 0 Å². The van der Waals surface area contributed by atoms with E-state index in [0.29, 0.717) is 0 Å². The van der Waals surface area contributed by atoms with Crippen molar-refractivity contribution in [2.45, 2.75) is 51.3 Å². The molecule has 1 saturated carbocycles. The summed E-state index contributed by atoms with van der Waals surface area (Å²) in [6.07, 6.45) is 7.49. The van der Waals surface area contributed by atoms with Crippen LogP contribution in [0.2, 0.25) is 5.02 Å². The van der Waals surface area contributed by atoms with Crippen LogP contribution in [0, 0.1) is 0 Å². The van der Waals surface area contributed by atoms with Gasteiger partial charge in [-0.25, -0.2) is 4.79 Å². The molecule has 1 aliphatic carbocycles. The van der Waals surface area contributed by atoms with Crippen molar-refractivity contribution in [2.75, 3.05) is 0 Å². The average molecular weight is 397 g/mol. The number of rotatable bonds is 5. The van der Waals surface area contributed by atoms with Gasteiger partial charge < -0.3 is 14.6 Å². The SMILES string of the molecule is O=C(NC1CCCCC1)OCc1cn(Cc2ccc(Cl)cc2)c2ccccc12. The van der Waals surface area contributed by atoms with Gasteiger partial charge in [0.1, 0.15) is 6.61 Å². The average Bonchev–Trinajstić information content (AvgIpc) is 3.07. The largest absolute Gasteiger partial charge is 0.445 e. The maximum Gasteiger partial charge on any atom is 0.407 e. The molecule has 1 N–H and O–H groups in total. The quantitative estimate of drug-likeness (QED) is 0.583. The Morgan fingerprint density at radius 3 is 2.61 bits per heavy atom. The summed E-state index contributed by atoms with van der Waals surface area (Å²) in [5.74, 6) is 0. The summed E-state index contributed by atoms with van der Waals surface area (Å²) in [5, 5.41) is 4.86. The van der Waals surface area contributed by atoms with Crippen LogP contribution in [0.15, 0.2) is 54.7 Å². The van der Waals surface area contributed by atoms with Crippen LogP contribution in [-0.2, 0) is 17.9 Å². The van der Waals surface area contributed by atoms with Crippen LogP contribution >= 0.6 is 11.6 Å². The van der Waals surface area contributed by atoms with E-state index in [2.05, 4.69) is 28.2 Å². The van der Waals surface area contributed by atoms with E-state index in [1.54, 1.807) is 0 Å². The molecule has 0 atom stereocenters. The number of amides is 1. The molecule has 0 unspecified atom stereocenters. The second-order valence-electron chi connectivity index (χ2n) is 7.48. The zero-order chi connectivity index (χ0) is 19.3. The number of alkyl carbamates (subject to hydrolysis) is 1. The number of fused-ring (bicyclic) bond motifs is 1. The highest BCUT2D eigenvalue weighted by molar-refractivity contribution is 6.30. The van der Waals surface area contributed by atoms with E-state index >= 15 is 0 Å². The number of para-hydroxylation sites is 1. The lowest BCUT2D eigenvalue weighted by atomic mass is 9.96. The molecule has 1 aromatic heterocycles. The maximum absolute atomic E-state index is 12.2. The summed E-state index contributed by atoms with van der Waals surface area (Å²) in [4.78, 5) is 12.2. The highest BCUT2D eigenvalue weighted by Crippen LogP contribution is 2.24. The van der Waals surface area contributed by atoms with Crippen molar-refractivity contribution in [1.82, 2.24) is 9.88 Å². The summed E-state index contributed by atoms with van der Waals surface area (Å²) < 4.78 is 7.73. The first-order valence-corrected chi connectivity index (χ1v) is 10.3. The first kappa shape index (κ1) is 18.9. The van der Waals surface area contributed by atoms with Crippen molar-refractivity contribution in [3.8, 4) is 0 Å². The number of halogens is 1. The molecule has 4 nitrogen and oxygen atoms in total. The van der Waals surface area contributed by atoms with Gasteiger partial charge in [0, 0.05) is 40.3 Å². The van der Waals surface area contributed by atoms with Crippen LogP contribution in [0.25, 0.3) is 10.9 Å². The van der Waals surface area contributed by atoms with Gasteiger partial charge in [-0.2, -0.15) is 0 Å². The molecule has 28 heavy (non-hydrogen) atoms. The van der Waals surface area contributed by atoms with Crippen LogP contribution in [0.1, 0.15) is 43.2 Å². The van der Waals surface area contributed by atoms with Crippen molar-refractivity contribution in [1.29, 1.82) is 0 Å². The van der Waals surface area contributed by atoms with Crippen LogP contribution in [0.4, 0.5) is 4.79 Å². The van der Waals surface area contributed by atoms with Gasteiger partial charge in [-0.1, -0.05) is 61.2 Å². The van der Waals surface area contributed by atoms with Crippen molar-refractivity contribution in [2.24, 2.45) is 0 Å².